The molecule has 0 aliphatic carbocycles. The van der Waals surface area contributed by atoms with Crippen LogP contribution in [0.4, 0.5) is 5.69 Å². The summed E-state index contributed by atoms with van der Waals surface area (Å²) in [6, 6.07) is 8.26. The smallest absolute Gasteiger partial charge is 0.135 e. The molecule has 0 atom stereocenters. The Labute approximate surface area is 186 Å². The molecule has 4 aromatic rings. The Morgan fingerprint density at radius 1 is 1.00 bits per heavy atom. The molecular formula is C23H23N9. The summed E-state index contributed by atoms with van der Waals surface area (Å²) in [6.45, 7) is 1.66. The number of benzene rings is 1. The average Bonchev–Trinajstić information content (AvgIpc) is 3.47. The molecule has 1 aromatic carbocycles. The monoisotopic (exact) mass is 425 g/mol. The van der Waals surface area contributed by atoms with E-state index in [0.29, 0.717) is 11.5 Å². The van der Waals surface area contributed by atoms with Crippen molar-refractivity contribution >= 4 is 5.69 Å². The van der Waals surface area contributed by atoms with Crippen molar-refractivity contribution in [2.24, 2.45) is 14.1 Å². The minimum Gasteiger partial charge on any atom is -0.370 e. The van der Waals surface area contributed by atoms with Gasteiger partial charge in [0.2, 0.25) is 0 Å². The van der Waals surface area contributed by atoms with Crippen LogP contribution in [0, 0.1) is 11.3 Å². The number of aromatic nitrogens is 7. The van der Waals surface area contributed by atoms with Gasteiger partial charge in [0.05, 0.1) is 29.8 Å². The van der Waals surface area contributed by atoms with Crippen LogP contribution in [0.5, 0.6) is 0 Å². The molecular weight excluding hydrogens is 402 g/mol. The largest absolute Gasteiger partial charge is 0.370 e. The number of piperidine rings is 1. The van der Waals surface area contributed by atoms with Crippen LogP contribution in [0.2, 0.25) is 0 Å². The zero-order valence-electron chi connectivity index (χ0n) is 18.0. The molecule has 160 valence electrons. The van der Waals surface area contributed by atoms with Gasteiger partial charge in [-0.3, -0.25) is 4.68 Å². The fourth-order valence-electron chi connectivity index (χ4n) is 4.56. The van der Waals surface area contributed by atoms with Crippen LogP contribution in [0.25, 0.3) is 22.3 Å². The molecule has 0 amide bonds. The highest BCUT2D eigenvalue weighted by Gasteiger charge is 2.28. The standard InChI is InChI=1S/C23H23N9/c1-30-15-27-29-23(30)16-6-9-32(10-7-16)22-17(11-24)3-4-20(19-13-28-31(2)14-19)21(22)18-5-8-25-26-12-18/h3-5,8,12-16H,6-7,9-10H2,1-2H3. The predicted octanol–water partition coefficient (Wildman–Crippen LogP) is 2.93. The predicted molar refractivity (Wildman–Crippen MR) is 120 cm³/mol. The maximum absolute atomic E-state index is 9.98. The van der Waals surface area contributed by atoms with Gasteiger partial charge in [0.25, 0.3) is 0 Å². The van der Waals surface area contributed by atoms with E-state index in [-0.39, 0.29) is 0 Å². The van der Waals surface area contributed by atoms with Crippen LogP contribution in [-0.2, 0) is 14.1 Å². The molecule has 0 unspecified atom stereocenters. The molecule has 0 spiro atoms. The first kappa shape index (κ1) is 19.9. The van der Waals surface area contributed by atoms with Gasteiger partial charge in [0, 0.05) is 56.0 Å². The Hall–Kier alpha value is -4.06. The Bertz CT molecular complexity index is 1270. The van der Waals surface area contributed by atoms with Crippen LogP contribution in [0.15, 0.2) is 49.3 Å². The molecule has 5 rings (SSSR count). The summed E-state index contributed by atoms with van der Waals surface area (Å²) < 4.78 is 3.78. The summed E-state index contributed by atoms with van der Waals surface area (Å²) in [7, 11) is 3.89. The van der Waals surface area contributed by atoms with Crippen molar-refractivity contribution in [2.75, 3.05) is 18.0 Å². The molecule has 32 heavy (non-hydrogen) atoms. The fourth-order valence-corrected chi connectivity index (χ4v) is 4.56. The van der Waals surface area contributed by atoms with Crippen LogP contribution < -0.4 is 4.90 Å². The third-order valence-electron chi connectivity index (χ3n) is 6.11. The van der Waals surface area contributed by atoms with Gasteiger partial charge in [-0.25, -0.2) is 0 Å². The van der Waals surface area contributed by atoms with Gasteiger partial charge in [0.1, 0.15) is 18.2 Å². The lowest BCUT2D eigenvalue weighted by Crippen LogP contribution is -2.34. The Morgan fingerprint density at radius 3 is 2.47 bits per heavy atom. The highest BCUT2D eigenvalue weighted by atomic mass is 15.3. The molecule has 1 aliphatic heterocycles. The second kappa shape index (κ2) is 8.23. The Kier molecular flexibility index (Phi) is 5.11. The number of hydrogen-bond donors (Lipinski definition) is 0. The van der Waals surface area contributed by atoms with Gasteiger partial charge in [-0.05, 0) is 30.5 Å². The highest BCUT2D eigenvalue weighted by molar-refractivity contribution is 5.94. The highest BCUT2D eigenvalue weighted by Crippen LogP contribution is 2.43. The normalized spacial score (nSPS) is 14.5. The second-order valence-electron chi connectivity index (χ2n) is 8.09. The molecule has 3 aromatic heterocycles. The number of nitriles is 1. The van der Waals surface area contributed by atoms with Crippen LogP contribution in [0.1, 0.15) is 30.1 Å². The van der Waals surface area contributed by atoms with E-state index in [0.717, 1.165) is 59.7 Å². The number of hydrogen-bond acceptors (Lipinski definition) is 7. The third-order valence-corrected chi connectivity index (χ3v) is 6.11. The van der Waals surface area contributed by atoms with Gasteiger partial charge >= 0.3 is 0 Å². The van der Waals surface area contributed by atoms with E-state index in [1.165, 1.54) is 0 Å². The van der Waals surface area contributed by atoms with Crippen molar-refractivity contribution in [3.63, 3.8) is 0 Å². The van der Waals surface area contributed by atoms with Crippen molar-refractivity contribution < 1.29 is 0 Å². The molecule has 0 bridgehead atoms. The molecule has 0 saturated carbocycles. The number of aryl methyl sites for hydroxylation is 2. The Morgan fingerprint density at radius 2 is 1.84 bits per heavy atom. The van der Waals surface area contributed by atoms with Crippen LogP contribution >= 0.6 is 0 Å². The fraction of sp³-hybridized carbons (Fsp3) is 0.304. The lowest BCUT2D eigenvalue weighted by Gasteiger charge is -2.35. The minimum atomic E-state index is 0.358. The summed E-state index contributed by atoms with van der Waals surface area (Å²) in [4.78, 5) is 2.32. The summed E-state index contributed by atoms with van der Waals surface area (Å²) in [5.74, 6) is 1.38. The van der Waals surface area contributed by atoms with E-state index in [9.17, 15) is 5.26 Å². The number of nitrogens with zero attached hydrogens (tertiary/aromatic N) is 9. The molecule has 1 aliphatic rings. The summed E-state index contributed by atoms with van der Waals surface area (Å²) in [5, 5.41) is 30.7. The van der Waals surface area contributed by atoms with Gasteiger partial charge in [0.15, 0.2) is 0 Å². The zero-order chi connectivity index (χ0) is 22.1. The van der Waals surface area contributed by atoms with Gasteiger partial charge < -0.3 is 9.47 Å². The number of anilines is 1. The van der Waals surface area contributed by atoms with Gasteiger partial charge in [-0.2, -0.15) is 20.6 Å². The first-order valence-electron chi connectivity index (χ1n) is 10.6. The summed E-state index contributed by atoms with van der Waals surface area (Å²) in [6.07, 6.45) is 10.9. The first-order chi connectivity index (χ1) is 15.7. The SMILES string of the molecule is Cn1cc(-c2ccc(C#N)c(N3CCC(c4nncn4C)CC3)c2-c2ccnnc2)cn1. The molecule has 0 N–H and O–H groups in total. The second-order valence-corrected chi connectivity index (χ2v) is 8.09. The van der Waals surface area contributed by atoms with Crippen LogP contribution in [-0.4, -0.2) is 47.8 Å². The van der Waals surface area contributed by atoms with Gasteiger partial charge in [-0.15, -0.1) is 10.2 Å². The topological polar surface area (TPSA) is 101 Å². The molecule has 1 fully saturated rings. The van der Waals surface area contributed by atoms with Crippen molar-refractivity contribution in [3.05, 3.63) is 60.7 Å². The number of rotatable bonds is 4. The Balaban J connectivity index is 1.60. The maximum atomic E-state index is 9.98. The van der Waals surface area contributed by atoms with E-state index < -0.39 is 0 Å². The van der Waals surface area contributed by atoms with E-state index >= 15 is 0 Å². The summed E-state index contributed by atoms with van der Waals surface area (Å²) in [5.41, 5.74) is 5.54. The third kappa shape index (κ3) is 3.50. The van der Waals surface area contributed by atoms with Crippen molar-refractivity contribution in [1.29, 1.82) is 5.26 Å². The van der Waals surface area contributed by atoms with Crippen LogP contribution in [0.3, 0.4) is 0 Å². The van der Waals surface area contributed by atoms with E-state index in [1.807, 2.05) is 49.3 Å². The average molecular weight is 426 g/mol. The molecule has 0 radical (unpaired) electrons. The quantitative estimate of drug-likeness (QED) is 0.495. The van der Waals surface area contributed by atoms with Crippen molar-refractivity contribution in [1.82, 2.24) is 34.7 Å². The van der Waals surface area contributed by atoms with E-state index in [1.54, 1.807) is 23.4 Å². The molecule has 9 nitrogen and oxygen atoms in total. The molecule has 9 heteroatoms. The van der Waals surface area contributed by atoms with E-state index in [2.05, 4.69) is 36.5 Å². The van der Waals surface area contributed by atoms with E-state index in [4.69, 9.17) is 0 Å². The van der Waals surface area contributed by atoms with Crippen molar-refractivity contribution in [2.45, 2.75) is 18.8 Å². The lowest BCUT2D eigenvalue weighted by atomic mass is 9.90. The zero-order valence-corrected chi connectivity index (χ0v) is 18.0. The maximum Gasteiger partial charge on any atom is 0.135 e. The molecule has 4 heterocycles. The summed E-state index contributed by atoms with van der Waals surface area (Å²) >= 11 is 0. The van der Waals surface area contributed by atoms with Crippen molar-refractivity contribution in [3.8, 4) is 28.3 Å². The van der Waals surface area contributed by atoms with Gasteiger partial charge in [-0.1, -0.05) is 6.07 Å². The minimum absolute atomic E-state index is 0.358. The first-order valence-corrected chi connectivity index (χ1v) is 10.6. The lowest BCUT2D eigenvalue weighted by molar-refractivity contribution is 0.474. The molecule has 1 saturated heterocycles.